The number of rotatable bonds is 4. The number of amidine groups is 1. The topological polar surface area (TPSA) is 200 Å². The lowest BCUT2D eigenvalue weighted by Gasteiger charge is -2.03. The fourth-order valence-corrected chi connectivity index (χ4v) is 2.43. The summed E-state index contributed by atoms with van der Waals surface area (Å²) in [5.74, 6) is -1.09. The van der Waals surface area contributed by atoms with Gasteiger partial charge in [-0.05, 0) is 10.8 Å². The van der Waals surface area contributed by atoms with Crippen molar-refractivity contribution in [2.45, 2.75) is 0 Å². The summed E-state index contributed by atoms with van der Waals surface area (Å²) in [6.07, 6.45) is 0. The van der Waals surface area contributed by atoms with Crippen LogP contribution in [0.1, 0.15) is 5.56 Å². The number of nitrogens with two attached hydrogens (primary N) is 1. The molecule has 0 atom stereocenters. The molecule has 0 aliphatic carbocycles. The summed E-state index contributed by atoms with van der Waals surface area (Å²) < 4.78 is 0. The van der Waals surface area contributed by atoms with E-state index in [1.165, 1.54) is 0 Å². The Hall–Kier alpha value is -4.61. The highest BCUT2D eigenvalue weighted by Crippen LogP contribution is 2.38. The zero-order chi connectivity index (χ0) is 21.7. The van der Waals surface area contributed by atoms with Crippen LogP contribution in [-0.2, 0) is 0 Å². The molecule has 0 spiro atoms. The Labute approximate surface area is 161 Å². The number of nitrogen functional groups attached to an aromatic ring is 1. The summed E-state index contributed by atoms with van der Waals surface area (Å²) in [7, 11) is 0. The van der Waals surface area contributed by atoms with Crippen molar-refractivity contribution in [1.82, 2.24) is 0 Å². The Morgan fingerprint density at radius 1 is 0.862 bits per heavy atom. The van der Waals surface area contributed by atoms with Gasteiger partial charge in [0.05, 0.1) is 26.9 Å². The number of nitrogens with zero attached hydrogens (tertiary/aromatic N) is 3. The van der Waals surface area contributed by atoms with Crippen LogP contribution in [0.3, 0.4) is 0 Å². The van der Waals surface area contributed by atoms with E-state index in [4.69, 9.17) is 16.2 Å². The molecule has 0 saturated heterocycles. The summed E-state index contributed by atoms with van der Waals surface area (Å²) >= 11 is 0. The number of hydrogen-bond acceptors (Lipinski definition) is 8. The van der Waals surface area contributed by atoms with E-state index in [0.29, 0.717) is 12.1 Å². The minimum absolute atomic E-state index is 0.122. The van der Waals surface area contributed by atoms with Gasteiger partial charge in [0.25, 0.3) is 11.4 Å². The molecule has 3 aromatic rings. The number of non-ortho nitro benzene ring substituents is 1. The van der Waals surface area contributed by atoms with Gasteiger partial charge in [-0.3, -0.25) is 35.8 Å². The van der Waals surface area contributed by atoms with Gasteiger partial charge in [0.1, 0.15) is 5.84 Å². The van der Waals surface area contributed by atoms with Crippen molar-refractivity contribution >= 4 is 33.7 Å². The Kier molecular flexibility index (Phi) is 5.99. The minimum Gasteiger partial charge on any atom is -0.497 e. The molecule has 0 bridgehead atoms. The van der Waals surface area contributed by atoms with Gasteiger partial charge in [0, 0.05) is 5.56 Å². The van der Waals surface area contributed by atoms with Crippen molar-refractivity contribution in [3.8, 4) is 5.75 Å². The molecule has 0 amide bonds. The van der Waals surface area contributed by atoms with E-state index >= 15 is 0 Å². The second-order valence-electron chi connectivity index (χ2n) is 5.54. The fraction of sp³-hybridized carbons (Fsp3) is 0. The zero-order valence-corrected chi connectivity index (χ0v) is 14.5. The van der Waals surface area contributed by atoms with Gasteiger partial charge in [0.2, 0.25) is 0 Å². The molecule has 0 aliphatic heterocycles. The average molecular weight is 399 g/mol. The molecule has 4 N–H and O–H groups in total. The molecular formula is C17H13N5O7. The number of nitrogens with one attached hydrogen (secondary N) is 1. The van der Waals surface area contributed by atoms with Crippen molar-refractivity contribution in [1.29, 1.82) is 5.41 Å². The molecule has 0 saturated carbocycles. The van der Waals surface area contributed by atoms with E-state index in [1.54, 1.807) is 0 Å². The molecule has 29 heavy (non-hydrogen) atoms. The molecule has 12 heteroatoms. The minimum atomic E-state index is -1.21. The van der Waals surface area contributed by atoms with Crippen LogP contribution in [0, 0.1) is 35.8 Å². The Bertz CT molecular complexity index is 1110. The third kappa shape index (κ3) is 4.57. The molecule has 12 nitrogen and oxygen atoms in total. The van der Waals surface area contributed by atoms with E-state index in [-0.39, 0.29) is 5.84 Å². The molecular weight excluding hydrogens is 386 g/mol. The van der Waals surface area contributed by atoms with Crippen molar-refractivity contribution in [3.05, 3.63) is 90.5 Å². The maximum absolute atomic E-state index is 10.4. The van der Waals surface area contributed by atoms with Crippen LogP contribution in [0.4, 0.5) is 17.1 Å². The summed E-state index contributed by atoms with van der Waals surface area (Å²) in [5, 5.41) is 49.8. The lowest BCUT2D eigenvalue weighted by Crippen LogP contribution is -2.11. The molecule has 3 aromatic carbocycles. The van der Waals surface area contributed by atoms with Crippen molar-refractivity contribution in [2.75, 3.05) is 0 Å². The first kappa shape index (κ1) is 20.7. The standard InChI is InChI=1S/C11H10N2.C6H3N3O7/c12-11(13)10-7-3-5-8-4-1-2-6-9(8)10;10-6-4(8(13)14)1-3(7(11)12)2-5(6)9(15)16/h1-7H,(H3,12,13);1-2,10H. The van der Waals surface area contributed by atoms with Gasteiger partial charge in [0.15, 0.2) is 0 Å². The van der Waals surface area contributed by atoms with Gasteiger partial charge in [-0.15, -0.1) is 0 Å². The van der Waals surface area contributed by atoms with Gasteiger partial charge in [-0.25, -0.2) is 0 Å². The summed E-state index contributed by atoms with van der Waals surface area (Å²) in [4.78, 5) is 27.8. The first-order chi connectivity index (χ1) is 13.6. The smallest absolute Gasteiger partial charge is 0.324 e. The lowest BCUT2D eigenvalue weighted by molar-refractivity contribution is -0.404. The predicted molar refractivity (Wildman–Crippen MR) is 103 cm³/mol. The van der Waals surface area contributed by atoms with E-state index in [0.717, 1.165) is 16.3 Å². The number of hydrogen-bond donors (Lipinski definition) is 3. The van der Waals surface area contributed by atoms with E-state index in [2.05, 4.69) is 0 Å². The van der Waals surface area contributed by atoms with Crippen molar-refractivity contribution < 1.29 is 19.9 Å². The van der Waals surface area contributed by atoms with Crippen LogP contribution in [0.15, 0.2) is 54.6 Å². The van der Waals surface area contributed by atoms with Crippen LogP contribution in [0.5, 0.6) is 5.75 Å². The van der Waals surface area contributed by atoms with Gasteiger partial charge in [-0.1, -0.05) is 42.5 Å². The second kappa shape index (κ2) is 8.39. The van der Waals surface area contributed by atoms with Crippen LogP contribution >= 0.6 is 0 Å². The monoisotopic (exact) mass is 399 g/mol. The predicted octanol–water partition coefficient (Wildman–Crippen LogP) is 3.24. The number of nitro groups is 3. The quantitative estimate of drug-likeness (QED) is 0.257. The van der Waals surface area contributed by atoms with Crippen molar-refractivity contribution in [2.24, 2.45) is 5.73 Å². The lowest BCUT2D eigenvalue weighted by atomic mass is 10.0. The third-order valence-corrected chi connectivity index (χ3v) is 3.74. The summed E-state index contributed by atoms with van der Waals surface area (Å²) in [6, 6.07) is 14.6. The zero-order valence-electron chi connectivity index (χ0n) is 14.5. The van der Waals surface area contributed by atoms with Crippen LogP contribution in [-0.4, -0.2) is 25.7 Å². The van der Waals surface area contributed by atoms with E-state index < -0.39 is 37.6 Å². The van der Waals surface area contributed by atoms with Crippen LogP contribution in [0.2, 0.25) is 0 Å². The van der Waals surface area contributed by atoms with Crippen molar-refractivity contribution in [3.63, 3.8) is 0 Å². The first-order valence-corrected chi connectivity index (χ1v) is 7.75. The fourth-order valence-electron chi connectivity index (χ4n) is 2.43. The number of nitro benzene ring substituents is 3. The maximum Gasteiger partial charge on any atom is 0.324 e. The molecule has 0 unspecified atom stereocenters. The Balaban J connectivity index is 0.000000211. The molecule has 148 valence electrons. The molecule has 0 fully saturated rings. The highest BCUT2D eigenvalue weighted by atomic mass is 16.6. The molecule has 0 aliphatic rings. The molecule has 0 radical (unpaired) electrons. The molecule has 3 rings (SSSR count). The second-order valence-corrected chi connectivity index (χ2v) is 5.54. The molecule has 0 heterocycles. The van der Waals surface area contributed by atoms with Crippen LogP contribution in [0.25, 0.3) is 10.8 Å². The van der Waals surface area contributed by atoms with Gasteiger partial charge >= 0.3 is 11.4 Å². The normalized spacial score (nSPS) is 9.93. The number of phenols is 1. The number of aromatic hydroxyl groups is 1. The van der Waals surface area contributed by atoms with Gasteiger partial charge < -0.3 is 10.8 Å². The van der Waals surface area contributed by atoms with E-state index in [1.807, 2.05) is 42.5 Å². The first-order valence-electron chi connectivity index (χ1n) is 7.75. The number of phenolic OH excluding ortho intramolecular Hbond substituents is 1. The molecule has 0 aromatic heterocycles. The third-order valence-electron chi connectivity index (χ3n) is 3.74. The summed E-state index contributed by atoms with van der Waals surface area (Å²) in [6.45, 7) is 0. The largest absolute Gasteiger partial charge is 0.497 e. The van der Waals surface area contributed by atoms with E-state index in [9.17, 15) is 30.3 Å². The summed E-state index contributed by atoms with van der Waals surface area (Å²) in [5.41, 5.74) is 3.27. The average Bonchev–Trinajstić information content (AvgIpc) is 2.67. The Morgan fingerprint density at radius 2 is 1.38 bits per heavy atom. The number of benzene rings is 3. The number of fused-ring (bicyclic) bond motifs is 1. The van der Waals surface area contributed by atoms with Gasteiger partial charge in [-0.2, -0.15) is 0 Å². The van der Waals surface area contributed by atoms with Crippen LogP contribution < -0.4 is 5.73 Å². The highest BCUT2D eigenvalue weighted by molar-refractivity contribution is 6.07. The maximum atomic E-state index is 10.4. The highest BCUT2D eigenvalue weighted by Gasteiger charge is 2.30. The SMILES string of the molecule is N=C(N)c1cccc2ccccc12.O=[N+]([O-])c1cc([N+](=O)[O-])c(O)c([N+](=O)[O-])c1. The Morgan fingerprint density at radius 3 is 1.86 bits per heavy atom.